The smallest absolute Gasteiger partial charge is 0.351 e. The minimum atomic E-state index is -4.81. The predicted octanol–water partition coefficient (Wildman–Crippen LogP) is 3.90. The highest BCUT2D eigenvalue weighted by atomic mass is 32.5. The minimum absolute atomic E-state index is 0.0436. The molecule has 0 spiro atoms. The maximum absolute atomic E-state index is 15.5. The van der Waals surface area contributed by atoms with Crippen LogP contribution in [0.5, 0.6) is 5.75 Å². The van der Waals surface area contributed by atoms with Crippen molar-refractivity contribution in [2.24, 2.45) is 0 Å². The van der Waals surface area contributed by atoms with Gasteiger partial charge in [-0.2, -0.15) is 13.8 Å². The Hall–Kier alpha value is -3.21. The Bertz CT molecular complexity index is 1650. The number of aromatic nitrogens is 2. The molecular weight excluding hydrogens is 638 g/mol. The standard InChI is InChI=1S/C26H28F5N4O7PS/c1-13(2)40-22(37)14(3)34-43(44,42-17-9-8-15-6-4-5-7-16(15)10-17)39-12-25(23(28)29)26(30,31)19(36)21(41-25)35-11-18(27)20(32)33-24(35)38/h4-11,13-14,19,21,23,36H,12H2,1-3H3,(H,34,44)(H2,32,33,38)/t14-,19-,21+,25-,43?/m0/s1. The van der Waals surface area contributed by atoms with Crippen LogP contribution in [0.25, 0.3) is 10.8 Å². The Morgan fingerprint density at radius 1 is 1.23 bits per heavy atom. The number of carbonyl (C=O) groups excluding carboxylic acids is 1. The van der Waals surface area contributed by atoms with E-state index < -0.39 is 79.0 Å². The van der Waals surface area contributed by atoms with Crippen LogP contribution in [0.3, 0.4) is 0 Å². The Labute approximate surface area is 252 Å². The highest BCUT2D eigenvalue weighted by Gasteiger charge is 2.74. The molecule has 44 heavy (non-hydrogen) atoms. The number of hydrogen-bond donors (Lipinski definition) is 3. The van der Waals surface area contributed by atoms with Crippen LogP contribution in [-0.2, 0) is 30.6 Å². The summed E-state index contributed by atoms with van der Waals surface area (Å²) < 4.78 is 95.6. The molecule has 1 aliphatic heterocycles. The lowest BCUT2D eigenvalue weighted by molar-refractivity contribution is -0.241. The molecule has 0 bridgehead atoms. The largest absolute Gasteiger partial charge is 0.462 e. The van der Waals surface area contributed by atoms with Gasteiger partial charge in [0.25, 0.3) is 6.43 Å². The molecule has 5 atom stereocenters. The summed E-state index contributed by atoms with van der Waals surface area (Å²) >= 11 is 5.48. The van der Waals surface area contributed by atoms with Crippen LogP contribution in [0.1, 0.15) is 27.0 Å². The van der Waals surface area contributed by atoms with Gasteiger partial charge in [-0.25, -0.2) is 23.1 Å². The lowest BCUT2D eigenvalue weighted by Crippen LogP contribution is -2.57. The molecule has 2 aromatic carbocycles. The zero-order valence-electron chi connectivity index (χ0n) is 23.3. The van der Waals surface area contributed by atoms with E-state index in [1.165, 1.54) is 19.1 Å². The fraction of sp³-hybridized carbons (Fsp3) is 0.423. The van der Waals surface area contributed by atoms with Crippen molar-refractivity contribution in [3.05, 3.63) is 65.0 Å². The van der Waals surface area contributed by atoms with Gasteiger partial charge in [-0.05, 0) is 55.5 Å². The molecule has 1 unspecified atom stereocenters. The van der Waals surface area contributed by atoms with Gasteiger partial charge >= 0.3 is 24.2 Å². The molecule has 1 saturated heterocycles. The van der Waals surface area contributed by atoms with Crippen LogP contribution in [0.2, 0.25) is 0 Å². The van der Waals surface area contributed by atoms with E-state index in [-0.39, 0.29) is 16.5 Å². The Balaban J connectivity index is 1.70. The first kappa shape index (κ1) is 33.7. The molecule has 2 heterocycles. The molecule has 4 N–H and O–H groups in total. The summed E-state index contributed by atoms with van der Waals surface area (Å²) in [6.07, 6.45) is -9.96. The second kappa shape index (κ2) is 12.7. The summed E-state index contributed by atoms with van der Waals surface area (Å²) in [5.41, 5.74) is -0.194. The molecule has 0 amide bonds. The fourth-order valence-corrected chi connectivity index (χ4v) is 6.69. The van der Waals surface area contributed by atoms with Crippen LogP contribution in [0, 0.1) is 5.82 Å². The number of anilines is 1. The van der Waals surface area contributed by atoms with Gasteiger partial charge in [0.05, 0.1) is 18.9 Å². The molecule has 11 nitrogen and oxygen atoms in total. The molecule has 3 aromatic rings. The molecule has 1 fully saturated rings. The quantitative estimate of drug-likeness (QED) is 0.156. The number of fused-ring (bicyclic) bond motifs is 1. The van der Waals surface area contributed by atoms with Gasteiger partial charge in [-0.1, -0.05) is 30.3 Å². The van der Waals surface area contributed by atoms with Gasteiger partial charge in [-0.15, -0.1) is 0 Å². The molecular formula is C26H28F5N4O7PS. The number of aliphatic hydroxyl groups excluding tert-OH is 1. The van der Waals surface area contributed by atoms with Crippen molar-refractivity contribution in [2.75, 3.05) is 12.3 Å². The van der Waals surface area contributed by atoms with Crippen molar-refractivity contribution in [3.63, 3.8) is 0 Å². The summed E-state index contributed by atoms with van der Waals surface area (Å²) in [5.74, 6) is -7.85. The van der Waals surface area contributed by atoms with E-state index in [1.807, 2.05) is 0 Å². The van der Waals surface area contributed by atoms with Gasteiger partial charge in [0.2, 0.25) is 5.60 Å². The molecule has 240 valence electrons. The highest BCUT2D eigenvalue weighted by Crippen LogP contribution is 2.54. The van der Waals surface area contributed by atoms with Gasteiger partial charge in [0, 0.05) is 0 Å². The maximum Gasteiger partial charge on any atom is 0.351 e. The van der Waals surface area contributed by atoms with Gasteiger partial charge in [0.15, 0.2) is 24.0 Å². The van der Waals surface area contributed by atoms with Crippen LogP contribution >= 0.6 is 6.64 Å². The fourth-order valence-electron chi connectivity index (χ4n) is 4.28. The van der Waals surface area contributed by atoms with E-state index in [0.717, 1.165) is 5.39 Å². The number of ether oxygens (including phenoxy) is 2. The maximum atomic E-state index is 15.5. The first-order valence-corrected chi connectivity index (χ1v) is 15.6. The number of hydrogen-bond acceptors (Lipinski definition) is 10. The molecule has 0 aliphatic carbocycles. The zero-order valence-corrected chi connectivity index (χ0v) is 25.0. The van der Waals surface area contributed by atoms with Crippen molar-refractivity contribution in [1.82, 2.24) is 14.6 Å². The van der Waals surface area contributed by atoms with Gasteiger partial charge in [0.1, 0.15) is 11.8 Å². The Morgan fingerprint density at radius 2 is 1.89 bits per heavy atom. The summed E-state index contributed by atoms with van der Waals surface area (Å²) in [6, 6.07) is 10.4. The lowest BCUT2D eigenvalue weighted by Gasteiger charge is -2.35. The van der Waals surface area contributed by atoms with Crippen molar-refractivity contribution in [1.29, 1.82) is 0 Å². The molecule has 18 heteroatoms. The van der Waals surface area contributed by atoms with E-state index in [1.54, 1.807) is 44.2 Å². The van der Waals surface area contributed by atoms with Crippen molar-refractivity contribution in [2.45, 2.75) is 63.2 Å². The van der Waals surface area contributed by atoms with Crippen LogP contribution in [0.15, 0.2) is 53.5 Å². The third-order valence-corrected chi connectivity index (χ3v) is 9.03. The van der Waals surface area contributed by atoms with Crippen LogP contribution in [0.4, 0.5) is 27.8 Å². The summed E-state index contributed by atoms with van der Waals surface area (Å²) in [7, 11) is 0. The summed E-state index contributed by atoms with van der Waals surface area (Å²) in [4.78, 5) is 27.9. The second-order valence-electron chi connectivity index (χ2n) is 10.1. The van der Waals surface area contributed by atoms with Crippen molar-refractivity contribution >= 4 is 41.0 Å². The number of nitrogens with one attached hydrogen (secondary N) is 1. The number of rotatable bonds is 11. The number of nitrogens with two attached hydrogens (primary N) is 1. The van der Waals surface area contributed by atoms with E-state index in [4.69, 9.17) is 36.1 Å². The average Bonchev–Trinajstić information content (AvgIpc) is 3.14. The van der Waals surface area contributed by atoms with Crippen molar-refractivity contribution < 1.29 is 50.4 Å². The van der Waals surface area contributed by atoms with Gasteiger partial charge in [-0.3, -0.25) is 9.36 Å². The third kappa shape index (κ3) is 6.57. The number of esters is 1. The zero-order chi connectivity index (χ0) is 32.6. The number of benzene rings is 2. The normalized spacial score (nSPS) is 23.5. The number of aliphatic hydroxyl groups is 1. The van der Waals surface area contributed by atoms with E-state index >= 15 is 8.78 Å². The van der Waals surface area contributed by atoms with Crippen LogP contribution in [-0.4, -0.2) is 63.4 Å². The topological polar surface area (TPSA) is 147 Å². The number of alkyl halides is 4. The lowest BCUT2D eigenvalue weighted by atomic mass is 9.95. The SMILES string of the molecule is CC(C)OC(=O)[C@H](C)NP(=S)(OC[C@@]1(C(F)F)O[C@@H](n2cc(F)c(N)nc2=O)[C@H](O)C1(F)F)Oc1ccc2ccccc2c1. The summed E-state index contributed by atoms with van der Waals surface area (Å²) in [6.45, 7) is -1.47. The first-order chi connectivity index (χ1) is 20.5. The number of halogens is 5. The van der Waals surface area contributed by atoms with E-state index in [2.05, 4.69) is 10.1 Å². The number of nitrogens with zero attached hydrogens (tertiary/aromatic N) is 2. The predicted molar refractivity (Wildman–Crippen MR) is 151 cm³/mol. The molecule has 1 aliphatic rings. The molecule has 4 rings (SSSR count). The molecule has 0 radical (unpaired) electrons. The second-order valence-corrected chi connectivity index (χ2v) is 13.3. The van der Waals surface area contributed by atoms with Crippen molar-refractivity contribution in [3.8, 4) is 5.75 Å². The monoisotopic (exact) mass is 666 g/mol. The van der Waals surface area contributed by atoms with Crippen LogP contribution < -0.4 is 21.0 Å². The van der Waals surface area contributed by atoms with Gasteiger partial charge < -0.3 is 29.4 Å². The Morgan fingerprint density at radius 3 is 2.52 bits per heavy atom. The Kier molecular flexibility index (Phi) is 9.68. The third-order valence-electron chi connectivity index (χ3n) is 6.55. The average molecular weight is 667 g/mol. The van der Waals surface area contributed by atoms with E-state index in [0.29, 0.717) is 5.39 Å². The highest BCUT2D eigenvalue weighted by molar-refractivity contribution is 8.09. The first-order valence-electron chi connectivity index (χ1n) is 13.0. The minimum Gasteiger partial charge on any atom is -0.462 e. The van der Waals surface area contributed by atoms with E-state index in [9.17, 15) is 27.9 Å². The molecule has 1 aromatic heterocycles. The molecule has 0 saturated carbocycles. The number of nitrogen functional groups attached to an aromatic ring is 1. The summed E-state index contributed by atoms with van der Waals surface area (Å²) in [5, 5.41) is 14.4. The number of carbonyl (C=O) groups is 1.